The summed E-state index contributed by atoms with van der Waals surface area (Å²) in [5, 5.41) is 0.422. The predicted molar refractivity (Wildman–Crippen MR) is 48.8 cm³/mol. The molecule has 0 aromatic carbocycles. The standard InChI is InChI=1S/C8H14O2S/c1-3-4-5-10-8(11)6-7(2)9/h3-6H2,1-2H3. The van der Waals surface area contributed by atoms with Crippen LogP contribution in [0.4, 0.5) is 0 Å². The Bertz CT molecular complexity index is 143. The molecule has 0 N–H and O–H groups in total. The van der Waals surface area contributed by atoms with E-state index >= 15 is 0 Å². The second-order valence-corrected chi connectivity index (χ2v) is 2.91. The average Bonchev–Trinajstić information content (AvgIpc) is 1.86. The minimum Gasteiger partial charge on any atom is -0.487 e. The monoisotopic (exact) mass is 174 g/mol. The molecule has 0 heterocycles. The van der Waals surface area contributed by atoms with E-state index in [4.69, 9.17) is 17.0 Å². The third kappa shape index (κ3) is 7.46. The molecule has 2 nitrogen and oxygen atoms in total. The van der Waals surface area contributed by atoms with Gasteiger partial charge in [0.2, 0.25) is 0 Å². The molecule has 0 aromatic rings. The number of unbranched alkanes of at least 4 members (excludes halogenated alkanes) is 1. The minimum atomic E-state index is 0.0616. The average molecular weight is 174 g/mol. The molecule has 0 saturated heterocycles. The summed E-state index contributed by atoms with van der Waals surface area (Å²) >= 11 is 4.80. The van der Waals surface area contributed by atoms with Gasteiger partial charge in [-0.05, 0) is 25.6 Å². The maximum Gasteiger partial charge on any atom is 0.167 e. The number of carbonyl (C=O) groups excluding carboxylic acids is 1. The van der Waals surface area contributed by atoms with Crippen molar-refractivity contribution in [1.29, 1.82) is 0 Å². The van der Waals surface area contributed by atoms with Gasteiger partial charge in [-0.3, -0.25) is 4.79 Å². The Labute approximate surface area is 72.9 Å². The summed E-state index contributed by atoms with van der Waals surface area (Å²) in [6.45, 7) is 4.23. The van der Waals surface area contributed by atoms with E-state index in [0.29, 0.717) is 11.7 Å². The van der Waals surface area contributed by atoms with Crippen molar-refractivity contribution in [3.05, 3.63) is 0 Å². The molecule has 0 unspecified atom stereocenters. The molecule has 0 amide bonds. The number of carbonyl (C=O) groups is 1. The van der Waals surface area contributed by atoms with Crippen LogP contribution in [0, 0.1) is 0 Å². The number of hydrogen-bond acceptors (Lipinski definition) is 3. The van der Waals surface area contributed by atoms with Crippen LogP contribution in [-0.2, 0) is 9.53 Å². The predicted octanol–water partition coefficient (Wildman–Crippen LogP) is 2.11. The van der Waals surface area contributed by atoms with Crippen molar-refractivity contribution in [1.82, 2.24) is 0 Å². The van der Waals surface area contributed by atoms with Crippen molar-refractivity contribution < 1.29 is 9.53 Å². The molecule has 0 rings (SSSR count). The van der Waals surface area contributed by atoms with Crippen molar-refractivity contribution in [3.63, 3.8) is 0 Å². The van der Waals surface area contributed by atoms with Crippen molar-refractivity contribution in [2.75, 3.05) is 6.61 Å². The molecule has 0 fully saturated rings. The van der Waals surface area contributed by atoms with Gasteiger partial charge in [-0.1, -0.05) is 13.3 Å². The smallest absolute Gasteiger partial charge is 0.167 e. The highest BCUT2D eigenvalue weighted by atomic mass is 32.1. The number of rotatable bonds is 5. The van der Waals surface area contributed by atoms with Crippen LogP contribution in [0.5, 0.6) is 0 Å². The van der Waals surface area contributed by atoms with Gasteiger partial charge < -0.3 is 4.74 Å². The van der Waals surface area contributed by atoms with Gasteiger partial charge in [0.1, 0.15) is 5.78 Å². The van der Waals surface area contributed by atoms with Gasteiger partial charge in [0.05, 0.1) is 13.0 Å². The zero-order valence-electron chi connectivity index (χ0n) is 7.05. The third-order valence-corrected chi connectivity index (χ3v) is 1.42. The van der Waals surface area contributed by atoms with Crippen LogP contribution in [0.1, 0.15) is 33.1 Å². The maximum atomic E-state index is 10.5. The fourth-order valence-corrected chi connectivity index (χ4v) is 0.871. The highest BCUT2D eigenvalue weighted by Gasteiger charge is 2.00. The maximum absolute atomic E-state index is 10.5. The highest BCUT2D eigenvalue weighted by molar-refractivity contribution is 7.80. The molecule has 0 aliphatic rings. The quantitative estimate of drug-likeness (QED) is 0.471. The molecular weight excluding hydrogens is 160 g/mol. The molecule has 0 radical (unpaired) electrons. The molecule has 0 aromatic heterocycles. The summed E-state index contributed by atoms with van der Waals surface area (Å²) in [6.07, 6.45) is 2.36. The molecule has 0 bridgehead atoms. The lowest BCUT2D eigenvalue weighted by Crippen LogP contribution is -2.07. The minimum absolute atomic E-state index is 0.0616. The van der Waals surface area contributed by atoms with E-state index in [2.05, 4.69) is 6.92 Å². The Hall–Kier alpha value is -0.440. The van der Waals surface area contributed by atoms with Gasteiger partial charge in [0, 0.05) is 0 Å². The van der Waals surface area contributed by atoms with E-state index in [-0.39, 0.29) is 12.2 Å². The van der Waals surface area contributed by atoms with E-state index in [1.807, 2.05) is 0 Å². The second kappa shape index (κ2) is 6.28. The summed E-state index contributed by atoms with van der Waals surface area (Å²) in [7, 11) is 0. The lowest BCUT2D eigenvalue weighted by atomic mass is 10.3. The Balaban J connectivity index is 3.30. The van der Waals surface area contributed by atoms with Crippen molar-refractivity contribution >= 4 is 23.1 Å². The van der Waals surface area contributed by atoms with E-state index in [1.54, 1.807) is 0 Å². The van der Waals surface area contributed by atoms with E-state index in [1.165, 1.54) is 6.92 Å². The molecular formula is C8H14O2S. The Morgan fingerprint density at radius 3 is 2.64 bits per heavy atom. The van der Waals surface area contributed by atoms with Gasteiger partial charge in [-0.2, -0.15) is 0 Å². The van der Waals surface area contributed by atoms with Crippen molar-refractivity contribution in [3.8, 4) is 0 Å². The first kappa shape index (κ1) is 10.6. The van der Waals surface area contributed by atoms with Crippen molar-refractivity contribution in [2.24, 2.45) is 0 Å². The third-order valence-electron chi connectivity index (χ3n) is 1.15. The van der Waals surface area contributed by atoms with E-state index in [0.717, 1.165) is 12.8 Å². The molecule has 64 valence electrons. The summed E-state index contributed by atoms with van der Waals surface area (Å²) < 4.78 is 5.10. The van der Waals surface area contributed by atoms with Crippen molar-refractivity contribution in [2.45, 2.75) is 33.1 Å². The first-order chi connectivity index (χ1) is 5.16. The molecule has 0 aliphatic heterocycles. The van der Waals surface area contributed by atoms with Crippen LogP contribution in [0.15, 0.2) is 0 Å². The first-order valence-electron chi connectivity index (χ1n) is 3.82. The normalized spacial score (nSPS) is 9.27. The Morgan fingerprint density at radius 1 is 1.55 bits per heavy atom. The SMILES string of the molecule is CCCCOC(=S)CC(C)=O. The highest BCUT2D eigenvalue weighted by Crippen LogP contribution is 1.94. The Kier molecular flexibility index (Phi) is 6.03. The van der Waals surface area contributed by atoms with Gasteiger partial charge in [0.15, 0.2) is 5.05 Å². The topological polar surface area (TPSA) is 26.3 Å². The summed E-state index contributed by atoms with van der Waals surface area (Å²) in [6, 6.07) is 0. The summed E-state index contributed by atoms with van der Waals surface area (Å²) in [5.74, 6) is 0.0616. The fraction of sp³-hybridized carbons (Fsp3) is 0.750. The first-order valence-corrected chi connectivity index (χ1v) is 4.22. The number of ether oxygens (including phenoxy) is 1. The van der Waals surface area contributed by atoms with Crippen LogP contribution >= 0.6 is 12.2 Å². The van der Waals surface area contributed by atoms with Crippen LogP contribution < -0.4 is 0 Å². The number of hydrogen-bond donors (Lipinski definition) is 0. The molecule has 0 atom stereocenters. The van der Waals surface area contributed by atoms with Gasteiger partial charge >= 0.3 is 0 Å². The van der Waals surface area contributed by atoms with Crippen LogP contribution in [0.2, 0.25) is 0 Å². The van der Waals surface area contributed by atoms with E-state index < -0.39 is 0 Å². The molecule has 3 heteroatoms. The van der Waals surface area contributed by atoms with Gasteiger partial charge in [0.25, 0.3) is 0 Å². The second-order valence-electron chi connectivity index (χ2n) is 2.45. The van der Waals surface area contributed by atoms with Crippen LogP contribution in [-0.4, -0.2) is 17.4 Å². The number of ketones is 1. The summed E-state index contributed by atoms with van der Waals surface area (Å²) in [5.41, 5.74) is 0. The number of thiocarbonyl (C=S) groups is 1. The van der Waals surface area contributed by atoms with Gasteiger partial charge in [-0.25, -0.2) is 0 Å². The molecule has 0 saturated carbocycles. The van der Waals surface area contributed by atoms with E-state index in [9.17, 15) is 4.79 Å². The van der Waals surface area contributed by atoms with Gasteiger partial charge in [-0.15, -0.1) is 0 Å². The molecule has 0 spiro atoms. The van der Waals surface area contributed by atoms with Crippen LogP contribution in [0.3, 0.4) is 0 Å². The zero-order valence-corrected chi connectivity index (χ0v) is 7.87. The summed E-state index contributed by atoms with van der Waals surface area (Å²) in [4.78, 5) is 10.5. The van der Waals surface area contributed by atoms with Crippen LogP contribution in [0.25, 0.3) is 0 Å². The largest absolute Gasteiger partial charge is 0.487 e. The molecule has 11 heavy (non-hydrogen) atoms. The molecule has 0 aliphatic carbocycles. The fourth-order valence-electron chi connectivity index (χ4n) is 0.585. The Morgan fingerprint density at radius 2 is 2.18 bits per heavy atom. The zero-order chi connectivity index (χ0) is 8.69. The number of Topliss-reactive ketones (excluding diaryl/α,β-unsaturated/α-hetero) is 1. The lowest BCUT2D eigenvalue weighted by Gasteiger charge is -2.03. The lowest BCUT2D eigenvalue weighted by molar-refractivity contribution is -0.116.